The molecule has 0 atom stereocenters. The van der Waals surface area contributed by atoms with Crippen molar-refractivity contribution in [2.45, 2.75) is 19.8 Å². The normalized spacial score (nSPS) is 11.5. The smallest absolute Gasteiger partial charge is 0.226 e. The van der Waals surface area contributed by atoms with Crippen molar-refractivity contribution in [3.05, 3.63) is 38.9 Å². The summed E-state index contributed by atoms with van der Waals surface area (Å²) in [4.78, 5) is 8.30. The maximum Gasteiger partial charge on any atom is 0.226 e. The van der Waals surface area contributed by atoms with E-state index in [2.05, 4.69) is 25.8 Å². The summed E-state index contributed by atoms with van der Waals surface area (Å²) in [7, 11) is 1.70. The van der Waals surface area contributed by atoms with Crippen LogP contribution >= 0.6 is 34.8 Å². The molecule has 1 aromatic carbocycles. The molecule has 1 heterocycles. The molecule has 0 saturated heterocycles. The van der Waals surface area contributed by atoms with Gasteiger partial charge in [-0.15, -0.1) is 0 Å². The molecule has 2 aromatic rings. The summed E-state index contributed by atoms with van der Waals surface area (Å²) in [6, 6.07) is 3.17. The number of benzene rings is 1. The minimum Gasteiger partial charge on any atom is -0.489 e. The van der Waals surface area contributed by atoms with Gasteiger partial charge in [0.05, 0.1) is 16.6 Å². The summed E-state index contributed by atoms with van der Waals surface area (Å²) in [5.41, 5.74) is 0. The molecule has 10 heteroatoms. The summed E-state index contributed by atoms with van der Waals surface area (Å²) < 4.78 is 10.7. The van der Waals surface area contributed by atoms with Gasteiger partial charge in [-0.2, -0.15) is 4.98 Å². The number of guanidine groups is 1. The van der Waals surface area contributed by atoms with E-state index in [4.69, 9.17) is 44.1 Å². The molecule has 0 spiro atoms. The zero-order valence-corrected chi connectivity index (χ0v) is 16.8. The Hall–Kier alpha value is -1.70. The fourth-order valence-electron chi connectivity index (χ4n) is 2.10. The van der Waals surface area contributed by atoms with E-state index in [0.717, 1.165) is 13.0 Å². The largest absolute Gasteiger partial charge is 0.489 e. The zero-order chi connectivity index (χ0) is 18.9. The number of ether oxygens (including phenoxy) is 1. The van der Waals surface area contributed by atoms with Gasteiger partial charge in [0.25, 0.3) is 0 Å². The lowest BCUT2D eigenvalue weighted by atomic mass is 10.3. The molecule has 0 radical (unpaired) electrons. The highest BCUT2D eigenvalue weighted by molar-refractivity contribution is 6.40. The van der Waals surface area contributed by atoms with Gasteiger partial charge in [-0.25, -0.2) is 0 Å². The van der Waals surface area contributed by atoms with Crippen molar-refractivity contribution in [2.24, 2.45) is 4.99 Å². The Bertz CT molecular complexity index is 728. The third kappa shape index (κ3) is 6.55. The van der Waals surface area contributed by atoms with E-state index in [-0.39, 0.29) is 0 Å². The molecule has 0 aliphatic carbocycles. The van der Waals surface area contributed by atoms with Crippen LogP contribution in [0.15, 0.2) is 21.6 Å². The second kappa shape index (κ2) is 10.4. The summed E-state index contributed by atoms with van der Waals surface area (Å²) in [6.07, 6.45) is 1.55. The molecular formula is C16H20Cl3N5O2. The van der Waals surface area contributed by atoms with Crippen molar-refractivity contribution >= 4 is 40.8 Å². The number of hydrogen-bond acceptors (Lipinski definition) is 5. The lowest BCUT2D eigenvalue weighted by molar-refractivity contribution is 0.322. The predicted octanol–water partition coefficient (Wildman–Crippen LogP) is 3.51. The fourth-order valence-corrected chi connectivity index (χ4v) is 3.02. The average Bonchev–Trinajstić information content (AvgIpc) is 3.00. The number of halogens is 3. The van der Waals surface area contributed by atoms with Gasteiger partial charge in [0.2, 0.25) is 5.89 Å². The van der Waals surface area contributed by atoms with Crippen LogP contribution in [0, 0.1) is 6.92 Å². The Balaban J connectivity index is 1.66. The summed E-state index contributed by atoms with van der Waals surface area (Å²) >= 11 is 18.0. The van der Waals surface area contributed by atoms with E-state index < -0.39 is 0 Å². The molecule has 2 N–H and O–H groups in total. The lowest BCUT2D eigenvalue weighted by Gasteiger charge is -2.13. The van der Waals surface area contributed by atoms with Gasteiger partial charge in [-0.1, -0.05) is 40.0 Å². The number of hydrogen-bond donors (Lipinski definition) is 2. The highest BCUT2D eigenvalue weighted by Gasteiger charge is 2.09. The van der Waals surface area contributed by atoms with E-state index in [9.17, 15) is 0 Å². The van der Waals surface area contributed by atoms with Gasteiger partial charge in [-0.3, -0.25) is 4.99 Å². The third-order valence-corrected chi connectivity index (χ3v) is 4.04. The van der Waals surface area contributed by atoms with Crippen molar-refractivity contribution in [2.75, 3.05) is 26.7 Å². The standard InChI is InChI=1S/C16H20Cl3N5O2/c1-10-23-14(26-24-10)4-3-5-21-16(20-2)22-6-7-25-15-12(18)8-11(17)9-13(15)19/h8-9H,3-7H2,1-2H3,(H2,20,21,22). The molecule has 0 unspecified atom stereocenters. The summed E-state index contributed by atoms with van der Waals surface area (Å²) in [6.45, 7) is 3.40. The Morgan fingerprint density at radius 2 is 1.88 bits per heavy atom. The molecule has 0 aliphatic rings. The Kier molecular flexibility index (Phi) is 8.28. The van der Waals surface area contributed by atoms with E-state index in [1.54, 1.807) is 26.1 Å². The molecule has 26 heavy (non-hydrogen) atoms. The van der Waals surface area contributed by atoms with Crippen LogP contribution in [-0.2, 0) is 6.42 Å². The second-order valence-corrected chi connectivity index (χ2v) is 6.56. The van der Waals surface area contributed by atoms with Crippen LogP contribution < -0.4 is 15.4 Å². The quantitative estimate of drug-likeness (QED) is 0.386. The van der Waals surface area contributed by atoms with Crippen LogP contribution in [0.4, 0.5) is 0 Å². The van der Waals surface area contributed by atoms with Crippen molar-refractivity contribution in [1.29, 1.82) is 0 Å². The summed E-state index contributed by atoms with van der Waals surface area (Å²) in [5.74, 6) is 2.37. The Labute approximate surface area is 167 Å². The second-order valence-electron chi connectivity index (χ2n) is 5.31. The maximum absolute atomic E-state index is 6.07. The van der Waals surface area contributed by atoms with Gasteiger partial charge in [0, 0.05) is 25.0 Å². The van der Waals surface area contributed by atoms with Gasteiger partial charge >= 0.3 is 0 Å². The van der Waals surface area contributed by atoms with E-state index in [0.29, 0.717) is 58.1 Å². The van der Waals surface area contributed by atoms with E-state index in [1.165, 1.54) is 0 Å². The highest BCUT2D eigenvalue weighted by atomic mass is 35.5. The first-order valence-electron chi connectivity index (χ1n) is 8.00. The maximum atomic E-state index is 6.07. The topological polar surface area (TPSA) is 84.6 Å². The van der Waals surface area contributed by atoms with Gasteiger partial charge in [-0.05, 0) is 25.5 Å². The minimum atomic E-state index is 0.364. The molecule has 0 aliphatic heterocycles. The number of rotatable bonds is 8. The van der Waals surface area contributed by atoms with Crippen LogP contribution in [-0.4, -0.2) is 42.8 Å². The first-order chi connectivity index (χ1) is 12.5. The van der Waals surface area contributed by atoms with Crippen molar-refractivity contribution < 1.29 is 9.26 Å². The zero-order valence-electron chi connectivity index (χ0n) is 14.5. The fraction of sp³-hybridized carbons (Fsp3) is 0.438. The Morgan fingerprint density at radius 1 is 1.19 bits per heavy atom. The molecular weight excluding hydrogens is 401 g/mol. The highest BCUT2D eigenvalue weighted by Crippen LogP contribution is 2.35. The van der Waals surface area contributed by atoms with Crippen LogP contribution in [0.3, 0.4) is 0 Å². The third-order valence-electron chi connectivity index (χ3n) is 3.26. The minimum absolute atomic E-state index is 0.364. The Morgan fingerprint density at radius 3 is 2.50 bits per heavy atom. The molecule has 142 valence electrons. The van der Waals surface area contributed by atoms with Crippen molar-refractivity contribution in [1.82, 2.24) is 20.8 Å². The van der Waals surface area contributed by atoms with Gasteiger partial charge in [0.15, 0.2) is 17.5 Å². The molecule has 0 fully saturated rings. The first-order valence-corrected chi connectivity index (χ1v) is 9.14. The molecule has 2 rings (SSSR count). The van der Waals surface area contributed by atoms with Gasteiger partial charge in [0.1, 0.15) is 6.61 Å². The predicted molar refractivity (Wildman–Crippen MR) is 104 cm³/mol. The van der Waals surface area contributed by atoms with Crippen LogP contribution in [0.5, 0.6) is 5.75 Å². The number of aromatic nitrogens is 2. The van der Waals surface area contributed by atoms with Crippen LogP contribution in [0.1, 0.15) is 18.1 Å². The van der Waals surface area contributed by atoms with Crippen molar-refractivity contribution in [3.63, 3.8) is 0 Å². The first kappa shape index (κ1) is 20.6. The monoisotopic (exact) mass is 419 g/mol. The number of aryl methyl sites for hydroxylation is 2. The SMILES string of the molecule is CN=C(NCCCc1nc(C)no1)NCCOc1c(Cl)cc(Cl)cc1Cl. The van der Waals surface area contributed by atoms with Crippen molar-refractivity contribution in [3.8, 4) is 5.75 Å². The molecule has 0 amide bonds. The van der Waals surface area contributed by atoms with E-state index >= 15 is 0 Å². The number of nitrogens with zero attached hydrogens (tertiary/aromatic N) is 3. The number of aliphatic imine (C=N–C) groups is 1. The lowest BCUT2D eigenvalue weighted by Crippen LogP contribution is -2.39. The number of nitrogens with one attached hydrogen (secondary N) is 2. The van der Waals surface area contributed by atoms with Crippen LogP contribution in [0.25, 0.3) is 0 Å². The molecule has 0 saturated carbocycles. The van der Waals surface area contributed by atoms with Gasteiger partial charge < -0.3 is 19.9 Å². The molecule has 1 aromatic heterocycles. The average molecular weight is 421 g/mol. The van der Waals surface area contributed by atoms with E-state index in [1.807, 2.05) is 0 Å². The molecule has 0 bridgehead atoms. The molecule has 7 nitrogen and oxygen atoms in total. The summed E-state index contributed by atoms with van der Waals surface area (Å²) in [5, 5.41) is 11.3. The van der Waals surface area contributed by atoms with Crippen LogP contribution in [0.2, 0.25) is 15.1 Å².